The van der Waals surface area contributed by atoms with E-state index in [0.717, 1.165) is 7.11 Å². The molecule has 1 N–H and O–H groups in total. The van der Waals surface area contributed by atoms with Gasteiger partial charge < -0.3 is 4.74 Å². The van der Waals surface area contributed by atoms with E-state index in [2.05, 4.69) is 31.2 Å². The van der Waals surface area contributed by atoms with E-state index in [1.54, 1.807) is 0 Å². The van der Waals surface area contributed by atoms with Gasteiger partial charge in [-0.15, -0.1) is 0 Å². The lowest BCUT2D eigenvalue weighted by molar-refractivity contribution is 0.0595. The molecule has 0 radical (unpaired) electrons. The van der Waals surface area contributed by atoms with Crippen molar-refractivity contribution >= 4 is 33.3 Å². The largest absolute Gasteiger partial charge is 0.465 e. The van der Waals surface area contributed by atoms with Crippen LogP contribution in [-0.4, -0.2) is 18.8 Å². The van der Waals surface area contributed by atoms with Crippen LogP contribution in [0.25, 0.3) is 0 Å². The molecule has 8 heteroatoms. The Morgan fingerprint density at radius 3 is 2.63 bits per heavy atom. The first kappa shape index (κ1) is 14.6. The molecule has 0 spiro atoms. The maximum absolute atomic E-state index is 13.9. The molecule has 1 aromatic rings. The molecule has 0 aliphatic carbocycles. The van der Waals surface area contributed by atoms with Crippen LogP contribution in [0.5, 0.6) is 0 Å². The van der Waals surface area contributed by atoms with Crippen LogP contribution < -0.4 is 5.43 Å². The molecule has 0 atom stereocenters. The Labute approximate surface area is 116 Å². The number of hydrogen-bond acceptors (Lipinski definition) is 6. The number of esters is 1. The Morgan fingerprint density at radius 1 is 1.47 bits per heavy atom. The molecule has 0 aromatic heterocycles. The van der Waals surface area contributed by atoms with Crippen molar-refractivity contribution in [2.45, 2.75) is 0 Å². The van der Waals surface area contributed by atoms with Crippen LogP contribution in [-0.2, 0) is 4.74 Å². The van der Waals surface area contributed by atoms with Crippen molar-refractivity contribution in [3.8, 4) is 12.1 Å². The monoisotopic (exact) mass is 324 g/mol. The number of benzene rings is 1. The summed E-state index contributed by atoms with van der Waals surface area (Å²) in [6, 6.07) is 5.56. The number of ether oxygens (including phenoxy) is 1. The number of anilines is 1. The average molecular weight is 325 g/mol. The van der Waals surface area contributed by atoms with Crippen LogP contribution in [0.1, 0.15) is 10.4 Å². The molecule has 0 amide bonds. The molecule has 96 valence electrons. The SMILES string of the molecule is COC(=O)c1cc(Br)cc(NN=C(C#N)C#N)c1F. The number of carbonyl (C=O) groups is 1. The van der Waals surface area contributed by atoms with Crippen molar-refractivity contribution in [1.29, 1.82) is 10.5 Å². The Morgan fingerprint density at radius 2 is 2.11 bits per heavy atom. The summed E-state index contributed by atoms with van der Waals surface area (Å²) in [6.45, 7) is 0. The van der Waals surface area contributed by atoms with Gasteiger partial charge in [0.1, 0.15) is 12.1 Å². The van der Waals surface area contributed by atoms with E-state index >= 15 is 0 Å². The summed E-state index contributed by atoms with van der Waals surface area (Å²) < 4.78 is 18.8. The normalized spacial score (nSPS) is 8.89. The quantitative estimate of drug-likeness (QED) is 0.522. The van der Waals surface area contributed by atoms with E-state index < -0.39 is 17.5 Å². The van der Waals surface area contributed by atoms with Gasteiger partial charge in [0, 0.05) is 4.47 Å². The third-order valence-electron chi connectivity index (χ3n) is 1.94. The van der Waals surface area contributed by atoms with E-state index in [1.165, 1.54) is 24.3 Å². The third kappa shape index (κ3) is 3.50. The zero-order chi connectivity index (χ0) is 14.4. The Kier molecular flexibility index (Phi) is 4.98. The number of hydrazone groups is 1. The summed E-state index contributed by atoms with van der Waals surface area (Å²) in [7, 11) is 1.12. The summed E-state index contributed by atoms with van der Waals surface area (Å²) in [4.78, 5) is 11.3. The summed E-state index contributed by atoms with van der Waals surface area (Å²) in [6.07, 6.45) is 0. The number of rotatable bonds is 3. The molecule has 0 saturated heterocycles. The molecular weight excluding hydrogens is 319 g/mol. The van der Waals surface area contributed by atoms with E-state index in [1.807, 2.05) is 0 Å². The van der Waals surface area contributed by atoms with Gasteiger partial charge in [-0.05, 0) is 12.1 Å². The van der Waals surface area contributed by atoms with Crippen LogP contribution in [0.2, 0.25) is 0 Å². The molecule has 19 heavy (non-hydrogen) atoms. The first-order chi connectivity index (χ1) is 9.03. The maximum Gasteiger partial charge on any atom is 0.340 e. The van der Waals surface area contributed by atoms with Gasteiger partial charge in [0.25, 0.3) is 0 Å². The molecule has 0 bridgehead atoms. The van der Waals surface area contributed by atoms with E-state index in [-0.39, 0.29) is 11.3 Å². The molecule has 1 aromatic carbocycles. The number of carbonyl (C=O) groups excluding carboxylic acids is 1. The summed E-state index contributed by atoms with van der Waals surface area (Å²) >= 11 is 3.09. The maximum atomic E-state index is 13.9. The van der Waals surface area contributed by atoms with Crippen molar-refractivity contribution in [3.63, 3.8) is 0 Å². The molecule has 0 fully saturated rings. The first-order valence-electron chi connectivity index (χ1n) is 4.74. The van der Waals surface area contributed by atoms with Gasteiger partial charge in [0.2, 0.25) is 5.71 Å². The number of nitrogens with one attached hydrogen (secondary N) is 1. The fourth-order valence-electron chi connectivity index (χ4n) is 1.12. The Bertz CT molecular complexity index is 615. The molecule has 0 aliphatic rings. The van der Waals surface area contributed by atoms with Gasteiger partial charge in [-0.1, -0.05) is 15.9 Å². The second-order valence-corrected chi connectivity index (χ2v) is 4.02. The summed E-state index contributed by atoms with van der Waals surface area (Å²) in [5.74, 6) is -1.75. The van der Waals surface area contributed by atoms with Gasteiger partial charge in [-0.2, -0.15) is 15.6 Å². The zero-order valence-corrected chi connectivity index (χ0v) is 11.2. The van der Waals surface area contributed by atoms with Crippen molar-refractivity contribution in [2.75, 3.05) is 12.5 Å². The highest BCUT2D eigenvalue weighted by atomic mass is 79.9. The fraction of sp³-hybridized carbons (Fsp3) is 0.0909. The lowest BCUT2D eigenvalue weighted by Gasteiger charge is -2.07. The van der Waals surface area contributed by atoms with Crippen molar-refractivity contribution in [1.82, 2.24) is 0 Å². The predicted octanol–water partition coefficient (Wildman–Crippen LogP) is 2.19. The number of halogens is 2. The predicted molar refractivity (Wildman–Crippen MR) is 67.7 cm³/mol. The van der Waals surface area contributed by atoms with Gasteiger partial charge in [-0.3, -0.25) is 5.43 Å². The van der Waals surface area contributed by atoms with Crippen LogP contribution >= 0.6 is 15.9 Å². The number of hydrogen-bond donors (Lipinski definition) is 1. The van der Waals surface area contributed by atoms with E-state index in [9.17, 15) is 9.18 Å². The van der Waals surface area contributed by atoms with Crippen molar-refractivity contribution in [2.24, 2.45) is 5.10 Å². The summed E-state index contributed by atoms with van der Waals surface area (Å²) in [5.41, 5.74) is 1.26. The fourth-order valence-corrected chi connectivity index (χ4v) is 1.58. The first-order valence-corrected chi connectivity index (χ1v) is 5.54. The lowest BCUT2D eigenvalue weighted by atomic mass is 10.2. The second-order valence-electron chi connectivity index (χ2n) is 3.10. The van der Waals surface area contributed by atoms with E-state index in [4.69, 9.17) is 10.5 Å². The summed E-state index contributed by atoms with van der Waals surface area (Å²) in [5, 5.41) is 20.4. The zero-order valence-electron chi connectivity index (χ0n) is 9.57. The Balaban J connectivity index is 3.20. The second kappa shape index (κ2) is 6.47. The molecule has 0 saturated carbocycles. The molecule has 0 heterocycles. The highest BCUT2D eigenvalue weighted by Gasteiger charge is 2.17. The minimum atomic E-state index is -0.894. The van der Waals surface area contributed by atoms with Gasteiger partial charge in [0.15, 0.2) is 5.82 Å². The average Bonchev–Trinajstić information content (AvgIpc) is 2.42. The molecule has 1 rings (SSSR count). The lowest BCUT2D eigenvalue weighted by Crippen LogP contribution is -2.07. The molecule has 6 nitrogen and oxygen atoms in total. The minimum Gasteiger partial charge on any atom is -0.465 e. The van der Waals surface area contributed by atoms with Crippen molar-refractivity contribution < 1.29 is 13.9 Å². The molecule has 0 unspecified atom stereocenters. The van der Waals surface area contributed by atoms with Gasteiger partial charge >= 0.3 is 5.97 Å². The minimum absolute atomic E-state index is 0.169. The number of nitriles is 2. The van der Waals surface area contributed by atoms with Crippen LogP contribution in [0.4, 0.5) is 10.1 Å². The Hall–Kier alpha value is -2.45. The number of methoxy groups -OCH3 is 1. The van der Waals surface area contributed by atoms with Crippen LogP contribution in [0.3, 0.4) is 0 Å². The highest BCUT2D eigenvalue weighted by Crippen LogP contribution is 2.25. The molecule has 0 aliphatic heterocycles. The highest BCUT2D eigenvalue weighted by molar-refractivity contribution is 9.10. The van der Waals surface area contributed by atoms with Crippen LogP contribution in [0.15, 0.2) is 21.7 Å². The van der Waals surface area contributed by atoms with Crippen molar-refractivity contribution in [3.05, 3.63) is 28.0 Å². The smallest absolute Gasteiger partial charge is 0.340 e. The number of nitrogens with zero attached hydrogens (tertiary/aromatic N) is 3. The van der Waals surface area contributed by atoms with E-state index in [0.29, 0.717) is 4.47 Å². The van der Waals surface area contributed by atoms with Gasteiger partial charge in [-0.25, -0.2) is 9.18 Å². The standard InChI is InChI=1S/C11H6BrFN4O2/c1-19-11(18)8-2-6(12)3-9(10(8)13)17-16-7(4-14)5-15/h2-3,17H,1H3. The topological polar surface area (TPSA) is 98.3 Å². The third-order valence-corrected chi connectivity index (χ3v) is 2.40. The van der Waals surface area contributed by atoms with Crippen LogP contribution in [0, 0.1) is 28.5 Å². The molecular formula is C11H6BrFN4O2. The van der Waals surface area contributed by atoms with Gasteiger partial charge in [0.05, 0.1) is 18.4 Å².